The average molecular weight is 317 g/mol. The molecule has 3 rings (SSSR count). The molecule has 6 nitrogen and oxygen atoms in total. The standard InChI is InChI=1S/C16H16FN3O3/c17-13-7-12(8-18-9-13)15(21)19-14-1-4-20(5-2-14)16(22)11-3-6-23-10-11/h3,6-10,14H,1-2,4-5H2,(H,19,21). The highest BCUT2D eigenvalue weighted by molar-refractivity contribution is 5.94. The molecule has 1 fully saturated rings. The van der Waals surface area contributed by atoms with Crippen LogP contribution in [0.4, 0.5) is 4.39 Å². The van der Waals surface area contributed by atoms with E-state index in [1.807, 2.05) is 0 Å². The van der Waals surface area contributed by atoms with Gasteiger partial charge >= 0.3 is 0 Å². The van der Waals surface area contributed by atoms with Crippen LogP contribution in [0.5, 0.6) is 0 Å². The van der Waals surface area contributed by atoms with Crippen molar-refractivity contribution in [1.29, 1.82) is 0 Å². The summed E-state index contributed by atoms with van der Waals surface area (Å²) in [4.78, 5) is 29.6. The van der Waals surface area contributed by atoms with Gasteiger partial charge in [-0.25, -0.2) is 4.39 Å². The van der Waals surface area contributed by atoms with Crippen molar-refractivity contribution >= 4 is 11.8 Å². The zero-order valence-corrected chi connectivity index (χ0v) is 12.4. The number of nitrogens with zero attached hydrogens (tertiary/aromatic N) is 2. The van der Waals surface area contributed by atoms with Gasteiger partial charge in [0.25, 0.3) is 11.8 Å². The predicted molar refractivity (Wildman–Crippen MR) is 79.3 cm³/mol. The topological polar surface area (TPSA) is 75.4 Å². The Morgan fingerprint density at radius 2 is 2.04 bits per heavy atom. The zero-order valence-electron chi connectivity index (χ0n) is 12.4. The Morgan fingerprint density at radius 1 is 1.26 bits per heavy atom. The number of nitrogens with one attached hydrogen (secondary N) is 1. The Labute approximate surface area is 132 Å². The maximum absolute atomic E-state index is 13.1. The van der Waals surface area contributed by atoms with Crippen LogP contribution in [0.15, 0.2) is 41.5 Å². The zero-order chi connectivity index (χ0) is 16.2. The van der Waals surface area contributed by atoms with Gasteiger partial charge in [0.2, 0.25) is 0 Å². The fourth-order valence-electron chi connectivity index (χ4n) is 2.60. The summed E-state index contributed by atoms with van der Waals surface area (Å²) in [7, 11) is 0. The van der Waals surface area contributed by atoms with Gasteiger partial charge in [-0.15, -0.1) is 0 Å². The van der Waals surface area contributed by atoms with E-state index in [0.717, 1.165) is 12.3 Å². The summed E-state index contributed by atoms with van der Waals surface area (Å²) in [6, 6.07) is 2.74. The first-order chi connectivity index (χ1) is 11.1. The second kappa shape index (κ2) is 6.60. The molecule has 0 bridgehead atoms. The third kappa shape index (κ3) is 3.56. The maximum atomic E-state index is 13.1. The number of carbonyl (C=O) groups excluding carboxylic acids is 2. The molecule has 1 aliphatic heterocycles. The van der Waals surface area contributed by atoms with E-state index in [0.29, 0.717) is 31.5 Å². The van der Waals surface area contributed by atoms with Gasteiger partial charge in [-0.05, 0) is 25.0 Å². The van der Waals surface area contributed by atoms with Crippen molar-refractivity contribution in [2.45, 2.75) is 18.9 Å². The molecule has 1 N–H and O–H groups in total. The van der Waals surface area contributed by atoms with Crippen LogP contribution in [0.2, 0.25) is 0 Å². The Bertz CT molecular complexity index is 694. The summed E-state index contributed by atoms with van der Waals surface area (Å²) in [5.41, 5.74) is 0.722. The molecule has 1 aliphatic rings. The van der Waals surface area contributed by atoms with E-state index in [9.17, 15) is 14.0 Å². The number of aromatic nitrogens is 1. The SMILES string of the molecule is O=C(NC1CCN(C(=O)c2ccoc2)CC1)c1cncc(F)c1. The van der Waals surface area contributed by atoms with Crippen LogP contribution < -0.4 is 5.32 Å². The molecular formula is C16H16FN3O3. The summed E-state index contributed by atoms with van der Waals surface area (Å²) in [5, 5.41) is 2.85. The Morgan fingerprint density at radius 3 is 2.70 bits per heavy atom. The summed E-state index contributed by atoms with van der Waals surface area (Å²) >= 11 is 0. The molecule has 0 saturated carbocycles. The molecule has 23 heavy (non-hydrogen) atoms. The third-order valence-electron chi connectivity index (χ3n) is 3.85. The molecule has 120 valence electrons. The quantitative estimate of drug-likeness (QED) is 0.937. The summed E-state index contributed by atoms with van der Waals surface area (Å²) < 4.78 is 18.0. The number of hydrogen-bond acceptors (Lipinski definition) is 4. The van der Waals surface area contributed by atoms with E-state index >= 15 is 0 Å². The molecule has 2 aromatic heterocycles. The number of halogens is 1. The van der Waals surface area contributed by atoms with Crippen molar-refractivity contribution in [1.82, 2.24) is 15.2 Å². The van der Waals surface area contributed by atoms with Crippen molar-refractivity contribution in [2.75, 3.05) is 13.1 Å². The molecule has 0 aromatic carbocycles. The van der Waals surface area contributed by atoms with Gasteiger partial charge in [-0.3, -0.25) is 14.6 Å². The van der Waals surface area contributed by atoms with Crippen LogP contribution >= 0.6 is 0 Å². The smallest absolute Gasteiger partial charge is 0.257 e. The predicted octanol–water partition coefficient (Wildman–Crippen LogP) is 1.85. The molecule has 0 spiro atoms. The van der Waals surface area contributed by atoms with Gasteiger partial charge in [-0.1, -0.05) is 0 Å². The first-order valence-electron chi connectivity index (χ1n) is 7.36. The first-order valence-corrected chi connectivity index (χ1v) is 7.36. The van der Waals surface area contributed by atoms with E-state index < -0.39 is 5.82 Å². The molecule has 0 atom stereocenters. The number of pyridine rings is 1. The van der Waals surface area contributed by atoms with E-state index in [1.54, 1.807) is 11.0 Å². The molecule has 3 heterocycles. The van der Waals surface area contributed by atoms with Gasteiger partial charge in [0.1, 0.15) is 12.1 Å². The monoisotopic (exact) mass is 317 g/mol. The molecule has 1 saturated heterocycles. The summed E-state index contributed by atoms with van der Waals surface area (Å²) in [6.07, 6.45) is 6.57. The minimum atomic E-state index is -0.543. The Kier molecular flexibility index (Phi) is 4.36. The number of piperidine rings is 1. The minimum absolute atomic E-state index is 0.0424. The second-order valence-electron chi connectivity index (χ2n) is 5.44. The molecule has 0 aliphatic carbocycles. The normalized spacial score (nSPS) is 15.4. The van der Waals surface area contributed by atoms with Crippen molar-refractivity contribution in [3.63, 3.8) is 0 Å². The molecule has 2 aromatic rings. The number of likely N-dealkylation sites (tertiary alicyclic amines) is 1. The second-order valence-corrected chi connectivity index (χ2v) is 5.44. The highest BCUT2D eigenvalue weighted by atomic mass is 19.1. The van der Waals surface area contributed by atoms with E-state index in [4.69, 9.17) is 4.42 Å². The van der Waals surface area contributed by atoms with Crippen LogP contribution in [0.25, 0.3) is 0 Å². The number of carbonyl (C=O) groups is 2. The minimum Gasteiger partial charge on any atom is -0.472 e. The molecule has 0 radical (unpaired) electrons. The van der Waals surface area contributed by atoms with E-state index in [-0.39, 0.29) is 23.4 Å². The molecule has 7 heteroatoms. The van der Waals surface area contributed by atoms with Crippen LogP contribution in [0.3, 0.4) is 0 Å². The van der Waals surface area contributed by atoms with Gasteiger partial charge in [0.05, 0.1) is 23.6 Å². The molecule has 2 amide bonds. The molecular weight excluding hydrogens is 301 g/mol. The van der Waals surface area contributed by atoms with Crippen molar-refractivity contribution in [3.8, 4) is 0 Å². The third-order valence-corrected chi connectivity index (χ3v) is 3.85. The number of furan rings is 1. The van der Waals surface area contributed by atoms with Crippen molar-refractivity contribution in [2.24, 2.45) is 0 Å². The summed E-state index contributed by atoms with van der Waals surface area (Å²) in [5.74, 6) is -0.965. The maximum Gasteiger partial charge on any atom is 0.257 e. The lowest BCUT2D eigenvalue weighted by Crippen LogP contribution is -2.46. The van der Waals surface area contributed by atoms with Gasteiger partial charge in [0.15, 0.2) is 0 Å². The van der Waals surface area contributed by atoms with Gasteiger partial charge < -0.3 is 14.6 Å². The molecule has 0 unspecified atom stereocenters. The Hall–Kier alpha value is -2.70. The summed E-state index contributed by atoms with van der Waals surface area (Å²) in [6.45, 7) is 1.10. The van der Waals surface area contributed by atoms with Crippen LogP contribution in [0, 0.1) is 5.82 Å². The van der Waals surface area contributed by atoms with Crippen LogP contribution in [-0.4, -0.2) is 40.8 Å². The average Bonchev–Trinajstić information content (AvgIpc) is 3.09. The van der Waals surface area contributed by atoms with Crippen molar-refractivity contribution < 1.29 is 18.4 Å². The lowest BCUT2D eigenvalue weighted by Gasteiger charge is -2.32. The highest BCUT2D eigenvalue weighted by Gasteiger charge is 2.25. The van der Waals surface area contributed by atoms with Crippen LogP contribution in [0.1, 0.15) is 33.6 Å². The van der Waals surface area contributed by atoms with Gasteiger partial charge in [-0.2, -0.15) is 0 Å². The van der Waals surface area contributed by atoms with E-state index in [1.165, 1.54) is 18.7 Å². The fraction of sp³-hybridized carbons (Fsp3) is 0.312. The number of rotatable bonds is 3. The number of hydrogen-bond donors (Lipinski definition) is 1. The van der Waals surface area contributed by atoms with E-state index in [2.05, 4.69) is 10.3 Å². The van der Waals surface area contributed by atoms with Crippen molar-refractivity contribution in [3.05, 3.63) is 54.0 Å². The largest absolute Gasteiger partial charge is 0.472 e. The number of amides is 2. The van der Waals surface area contributed by atoms with Gasteiger partial charge in [0, 0.05) is 25.3 Å². The van der Waals surface area contributed by atoms with Crippen LogP contribution in [-0.2, 0) is 0 Å². The Balaban J connectivity index is 1.53. The lowest BCUT2D eigenvalue weighted by atomic mass is 10.0. The fourth-order valence-corrected chi connectivity index (χ4v) is 2.60. The lowest BCUT2D eigenvalue weighted by molar-refractivity contribution is 0.0697. The first kappa shape index (κ1) is 15.2. The highest BCUT2D eigenvalue weighted by Crippen LogP contribution is 2.15.